The number of likely N-dealkylation sites (tertiary alicyclic amines) is 1. The topological polar surface area (TPSA) is 24.5 Å². The van der Waals surface area contributed by atoms with E-state index in [1.807, 2.05) is 7.11 Å². The van der Waals surface area contributed by atoms with Crippen molar-refractivity contribution in [2.75, 3.05) is 20.7 Å². The Balaban J connectivity index is 1.84. The van der Waals surface area contributed by atoms with E-state index < -0.39 is 0 Å². The second kappa shape index (κ2) is 5.48. The van der Waals surface area contributed by atoms with Crippen molar-refractivity contribution in [3.8, 4) is 0 Å². The number of nitrogens with zero attached hydrogens (tertiary/aromatic N) is 1. The first-order chi connectivity index (χ1) is 7.70. The number of likely N-dealkylation sites (N-methyl/N-ethyl adjacent to an activating group) is 1. The summed E-state index contributed by atoms with van der Waals surface area (Å²) in [6, 6.07) is 1.98. The Hall–Kier alpha value is -0.120. The number of ether oxygens (including phenoxy) is 1. The van der Waals surface area contributed by atoms with E-state index in [2.05, 4.69) is 24.2 Å². The van der Waals surface area contributed by atoms with Crippen LogP contribution in [0.2, 0.25) is 0 Å². The summed E-state index contributed by atoms with van der Waals surface area (Å²) < 4.78 is 5.59. The highest BCUT2D eigenvalue weighted by Crippen LogP contribution is 2.23. The van der Waals surface area contributed by atoms with Crippen molar-refractivity contribution in [3.05, 3.63) is 0 Å². The molecule has 2 rings (SSSR count). The second-order valence-electron chi connectivity index (χ2n) is 5.55. The first-order valence-electron chi connectivity index (χ1n) is 6.69. The Morgan fingerprint density at radius 1 is 1.25 bits per heavy atom. The summed E-state index contributed by atoms with van der Waals surface area (Å²) in [7, 11) is 4.08. The lowest BCUT2D eigenvalue weighted by atomic mass is 9.91. The normalized spacial score (nSPS) is 41.4. The lowest BCUT2D eigenvalue weighted by Crippen LogP contribution is -2.48. The fourth-order valence-corrected chi connectivity index (χ4v) is 3.19. The number of hydrogen-bond acceptors (Lipinski definition) is 3. The van der Waals surface area contributed by atoms with Gasteiger partial charge in [-0.05, 0) is 33.2 Å². The first kappa shape index (κ1) is 12.3. The monoisotopic (exact) mass is 226 g/mol. The molecule has 1 heterocycles. The molecule has 0 amide bonds. The largest absolute Gasteiger partial charge is 0.380 e. The van der Waals surface area contributed by atoms with Crippen molar-refractivity contribution in [1.29, 1.82) is 0 Å². The minimum absolute atomic E-state index is 0.440. The molecule has 1 aliphatic carbocycles. The summed E-state index contributed by atoms with van der Waals surface area (Å²) in [4.78, 5) is 2.45. The van der Waals surface area contributed by atoms with Crippen molar-refractivity contribution < 1.29 is 4.74 Å². The van der Waals surface area contributed by atoms with Gasteiger partial charge in [0.2, 0.25) is 0 Å². The fraction of sp³-hybridized carbons (Fsp3) is 1.00. The molecule has 0 spiro atoms. The van der Waals surface area contributed by atoms with E-state index in [1.54, 1.807) is 0 Å². The summed E-state index contributed by atoms with van der Waals surface area (Å²) >= 11 is 0. The molecule has 94 valence electrons. The Morgan fingerprint density at radius 2 is 2.00 bits per heavy atom. The SMILES string of the molecule is COC1CCCCC1NC1CC(C)N(C)C1. The molecule has 3 heteroatoms. The number of nitrogens with one attached hydrogen (secondary N) is 1. The molecule has 0 bridgehead atoms. The van der Waals surface area contributed by atoms with Gasteiger partial charge in [0.1, 0.15) is 0 Å². The van der Waals surface area contributed by atoms with Crippen LogP contribution in [0.15, 0.2) is 0 Å². The zero-order valence-corrected chi connectivity index (χ0v) is 10.9. The Morgan fingerprint density at radius 3 is 2.62 bits per heavy atom. The molecule has 1 saturated carbocycles. The average Bonchev–Trinajstić information content (AvgIpc) is 2.59. The maximum Gasteiger partial charge on any atom is 0.0724 e. The van der Waals surface area contributed by atoms with Crippen LogP contribution in [0.4, 0.5) is 0 Å². The predicted molar refractivity (Wildman–Crippen MR) is 66.7 cm³/mol. The molecule has 1 saturated heterocycles. The Kier molecular flexibility index (Phi) is 4.22. The van der Waals surface area contributed by atoms with Gasteiger partial charge >= 0.3 is 0 Å². The van der Waals surface area contributed by atoms with E-state index in [4.69, 9.17) is 4.74 Å². The molecule has 0 radical (unpaired) electrons. The van der Waals surface area contributed by atoms with Gasteiger partial charge in [-0.2, -0.15) is 0 Å². The van der Waals surface area contributed by atoms with Crippen LogP contribution in [-0.2, 0) is 4.74 Å². The molecule has 0 aromatic rings. The minimum atomic E-state index is 0.440. The van der Waals surface area contributed by atoms with Crippen molar-refractivity contribution in [3.63, 3.8) is 0 Å². The maximum atomic E-state index is 5.59. The smallest absolute Gasteiger partial charge is 0.0724 e. The van der Waals surface area contributed by atoms with Gasteiger partial charge < -0.3 is 15.0 Å². The third-order valence-electron chi connectivity index (χ3n) is 4.34. The third-order valence-corrected chi connectivity index (χ3v) is 4.34. The van der Waals surface area contributed by atoms with Gasteiger partial charge in [0, 0.05) is 31.8 Å². The zero-order valence-electron chi connectivity index (χ0n) is 10.9. The summed E-state index contributed by atoms with van der Waals surface area (Å²) in [6.45, 7) is 3.50. The van der Waals surface area contributed by atoms with Crippen LogP contribution in [0.1, 0.15) is 39.0 Å². The van der Waals surface area contributed by atoms with Gasteiger partial charge in [0.05, 0.1) is 6.10 Å². The van der Waals surface area contributed by atoms with E-state index in [-0.39, 0.29) is 0 Å². The van der Waals surface area contributed by atoms with Crippen LogP contribution >= 0.6 is 0 Å². The zero-order chi connectivity index (χ0) is 11.5. The molecule has 1 N–H and O–H groups in total. The Labute approximate surface area is 99.5 Å². The van der Waals surface area contributed by atoms with Crippen molar-refractivity contribution in [2.24, 2.45) is 0 Å². The van der Waals surface area contributed by atoms with Gasteiger partial charge in [-0.3, -0.25) is 0 Å². The molecule has 0 aromatic carbocycles. The molecular weight excluding hydrogens is 200 g/mol. The van der Waals surface area contributed by atoms with Crippen molar-refractivity contribution in [2.45, 2.75) is 63.3 Å². The standard InChI is InChI=1S/C13H26N2O/c1-10-8-11(9-15(10)2)14-12-6-4-5-7-13(12)16-3/h10-14H,4-9H2,1-3H3. The molecule has 4 unspecified atom stereocenters. The molecule has 0 aromatic heterocycles. The fourth-order valence-electron chi connectivity index (χ4n) is 3.19. The van der Waals surface area contributed by atoms with Crippen molar-refractivity contribution >= 4 is 0 Å². The number of hydrogen-bond donors (Lipinski definition) is 1. The lowest BCUT2D eigenvalue weighted by molar-refractivity contribution is 0.0381. The van der Waals surface area contributed by atoms with Crippen LogP contribution in [0, 0.1) is 0 Å². The van der Waals surface area contributed by atoms with Crippen LogP contribution in [0.5, 0.6) is 0 Å². The minimum Gasteiger partial charge on any atom is -0.380 e. The molecule has 4 atom stereocenters. The summed E-state index contributed by atoms with van der Waals surface area (Å²) in [6.07, 6.45) is 6.92. The van der Waals surface area contributed by atoms with Crippen LogP contribution < -0.4 is 5.32 Å². The van der Waals surface area contributed by atoms with Gasteiger partial charge in [0.25, 0.3) is 0 Å². The lowest BCUT2D eigenvalue weighted by Gasteiger charge is -2.33. The van der Waals surface area contributed by atoms with Gasteiger partial charge in [0.15, 0.2) is 0 Å². The van der Waals surface area contributed by atoms with E-state index in [0.717, 1.165) is 6.04 Å². The van der Waals surface area contributed by atoms with Crippen LogP contribution in [-0.4, -0.2) is 49.8 Å². The van der Waals surface area contributed by atoms with Gasteiger partial charge in [-0.25, -0.2) is 0 Å². The second-order valence-corrected chi connectivity index (χ2v) is 5.55. The molecule has 2 aliphatic rings. The maximum absolute atomic E-state index is 5.59. The van der Waals surface area contributed by atoms with Gasteiger partial charge in [-0.1, -0.05) is 12.8 Å². The first-order valence-corrected chi connectivity index (χ1v) is 6.69. The summed E-state index contributed by atoms with van der Waals surface area (Å²) in [5, 5.41) is 3.81. The van der Waals surface area contributed by atoms with Crippen LogP contribution in [0.3, 0.4) is 0 Å². The third kappa shape index (κ3) is 2.76. The van der Waals surface area contributed by atoms with Gasteiger partial charge in [-0.15, -0.1) is 0 Å². The highest BCUT2D eigenvalue weighted by molar-refractivity contribution is 4.90. The average molecular weight is 226 g/mol. The van der Waals surface area contributed by atoms with E-state index in [0.29, 0.717) is 18.2 Å². The molecule has 16 heavy (non-hydrogen) atoms. The predicted octanol–water partition coefficient (Wildman–Crippen LogP) is 1.63. The van der Waals surface area contributed by atoms with Crippen molar-refractivity contribution in [1.82, 2.24) is 10.2 Å². The Bertz CT molecular complexity index is 212. The summed E-state index contributed by atoms with van der Waals surface area (Å²) in [5.41, 5.74) is 0. The highest BCUT2D eigenvalue weighted by atomic mass is 16.5. The van der Waals surface area contributed by atoms with Crippen LogP contribution in [0.25, 0.3) is 0 Å². The van der Waals surface area contributed by atoms with E-state index in [1.165, 1.54) is 38.6 Å². The van der Waals surface area contributed by atoms with E-state index >= 15 is 0 Å². The number of methoxy groups -OCH3 is 1. The summed E-state index contributed by atoms with van der Waals surface area (Å²) in [5.74, 6) is 0. The number of rotatable bonds is 3. The quantitative estimate of drug-likeness (QED) is 0.791. The molecule has 1 aliphatic heterocycles. The van der Waals surface area contributed by atoms with E-state index in [9.17, 15) is 0 Å². The highest BCUT2D eigenvalue weighted by Gasteiger charge is 2.31. The molecular formula is C13H26N2O. The molecule has 2 fully saturated rings. The molecule has 3 nitrogen and oxygen atoms in total.